The van der Waals surface area contributed by atoms with Gasteiger partial charge in [0.2, 0.25) is 0 Å². The van der Waals surface area contributed by atoms with Crippen molar-refractivity contribution in [2.45, 2.75) is 13.8 Å². The number of nitrogens with zero attached hydrogens (tertiary/aromatic N) is 1. The Morgan fingerprint density at radius 1 is 1.27 bits per heavy atom. The van der Waals surface area contributed by atoms with Crippen LogP contribution in [0.1, 0.15) is 19.4 Å². The molecule has 58 valence electrons. The van der Waals surface area contributed by atoms with Crippen LogP contribution in [0.25, 0.3) is 0 Å². The van der Waals surface area contributed by atoms with Crippen molar-refractivity contribution in [3.8, 4) is 0 Å². The molecule has 1 aromatic rings. The van der Waals surface area contributed by atoms with Gasteiger partial charge < -0.3 is 0 Å². The van der Waals surface area contributed by atoms with E-state index in [1.807, 2.05) is 32.0 Å². The van der Waals surface area contributed by atoms with Crippen LogP contribution in [0.15, 0.2) is 35.3 Å². The average molecular weight is 147 g/mol. The lowest BCUT2D eigenvalue weighted by Gasteiger charge is -1.97. The molecular formula is C10H13N. The Balaban J connectivity index is 2.85. The molecule has 0 heterocycles. The molecule has 0 N–H and O–H groups in total. The number of hydrogen-bond donors (Lipinski definition) is 0. The number of rotatable bonds is 2. The van der Waals surface area contributed by atoms with E-state index < -0.39 is 0 Å². The Bertz CT molecular complexity index is 236. The summed E-state index contributed by atoms with van der Waals surface area (Å²) in [5, 5.41) is 0. The fourth-order valence-electron chi connectivity index (χ4n) is 1.01. The van der Waals surface area contributed by atoms with Crippen molar-refractivity contribution in [2.24, 2.45) is 4.99 Å². The molecule has 0 atom stereocenters. The van der Waals surface area contributed by atoms with Gasteiger partial charge in [0, 0.05) is 12.3 Å². The van der Waals surface area contributed by atoms with E-state index in [0.717, 1.165) is 12.3 Å². The Labute approximate surface area is 67.8 Å². The molecule has 0 spiro atoms. The van der Waals surface area contributed by atoms with Gasteiger partial charge in [0.25, 0.3) is 0 Å². The minimum Gasteiger partial charge on any atom is -0.290 e. The molecule has 0 bridgehead atoms. The zero-order valence-electron chi connectivity index (χ0n) is 7.04. The molecule has 0 fully saturated rings. The van der Waals surface area contributed by atoms with Crippen molar-refractivity contribution in [3.63, 3.8) is 0 Å². The summed E-state index contributed by atoms with van der Waals surface area (Å²) in [7, 11) is 0. The van der Waals surface area contributed by atoms with Crippen LogP contribution in [0.4, 0.5) is 0 Å². The molecule has 0 aliphatic carbocycles. The van der Waals surface area contributed by atoms with E-state index >= 15 is 0 Å². The van der Waals surface area contributed by atoms with Crippen molar-refractivity contribution in [2.75, 3.05) is 6.54 Å². The van der Waals surface area contributed by atoms with Crippen LogP contribution in [-0.4, -0.2) is 12.3 Å². The van der Waals surface area contributed by atoms with E-state index in [4.69, 9.17) is 0 Å². The Morgan fingerprint density at radius 3 is 2.45 bits per heavy atom. The minimum absolute atomic E-state index is 0.862. The van der Waals surface area contributed by atoms with Gasteiger partial charge >= 0.3 is 0 Å². The summed E-state index contributed by atoms with van der Waals surface area (Å²) in [5.41, 5.74) is 2.34. The highest BCUT2D eigenvalue weighted by Gasteiger charge is 1.91. The molecule has 1 rings (SSSR count). The van der Waals surface area contributed by atoms with Gasteiger partial charge in [-0.1, -0.05) is 30.3 Å². The van der Waals surface area contributed by atoms with Gasteiger partial charge in [0.1, 0.15) is 0 Å². The lowest BCUT2D eigenvalue weighted by Crippen LogP contribution is -1.93. The van der Waals surface area contributed by atoms with E-state index in [9.17, 15) is 0 Å². The van der Waals surface area contributed by atoms with Gasteiger partial charge in [-0.3, -0.25) is 4.99 Å². The van der Waals surface area contributed by atoms with Crippen LogP contribution < -0.4 is 0 Å². The van der Waals surface area contributed by atoms with Gasteiger partial charge in [0.15, 0.2) is 0 Å². The zero-order valence-corrected chi connectivity index (χ0v) is 7.04. The Morgan fingerprint density at radius 2 is 1.91 bits per heavy atom. The van der Waals surface area contributed by atoms with E-state index in [-0.39, 0.29) is 0 Å². The molecule has 0 saturated heterocycles. The van der Waals surface area contributed by atoms with Gasteiger partial charge in [0.05, 0.1) is 0 Å². The predicted molar refractivity (Wildman–Crippen MR) is 49.2 cm³/mol. The van der Waals surface area contributed by atoms with Gasteiger partial charge in [-0.25, -0.2) is 0 Å². The number of hydrogen-bond acceptors (Lipinski definition) is 1. The summed E-state index contributed by atoms with van der Waals surface area (Å²) in [5.74, 6) is 0. The fourth-order valence-corrected chi connectivity index (χ4v) is 1.01. The molecule has 0 amide bonds. The first-order chi connectivity index (χ1) is 5.34. The molecule has 1 heteroatoms. The second kappa shape index (κ2) is 3.91. The van der Waals surface area contributed by atoms with Crippen LogP contribution in [0.3, 0.4) is 0 Å². The van der Waals surface area contributed by atoms with Crippen LogP contribution >= 0.6 is 0 Å². The second-order valence-corrected chi connectivity index (χ2v) is 2.43. The van der Waals surface area contributed by atoms with Gasteiger partial charge in [-0.15, -0.1) is 0 Å². The van der Waals surface area contributed by atoms with Crippen molar-refractivity contribution in [3.05, 3.63) is 35.9 Å². The lowest BCUT2D eigenvalue weighted by atomic mass is 10.1. The maximum atomic E-state index is 4.31. The third-order valence-electron chi connectivity index (χ3n) is 1.59. The van der Waals surface area contributed by atoms with Gasteiger partial charge in [-0.2, -0.15) is 0 Å². The summed E-state index contributed by atoms with van der Waals surface area (Å²) < 4.78 is 0. The second-order valence-electron chi connectivity index (χ2n) is 2.43. The highest BCUT2D eigenvalue weighted by molar-refractivity contribution is 5.98. The normalized spacial score (nSPS) is 11.6. The highest BCUT2D eigenvalue weighted by Crippen LogP contribution is 1.99. The smallest absolute Gasteiger partial charge is 0.0389 e. The van der Waals surface area contributed by atoms with E-state index in [0.29, 0.717) is 0 Å². The van der Waals surface area contributed by atoms with E-state index in [2.05, 4.69) is 17.1 Å². The molecule has 0 aliphatic rings. The molecular weight excluding hydrogens is 134 g/mol. The molecule has 0 unspecified atom stereocenters. The topological polar surface area (TPSA) is 12.4 Å². The Kier molecular flexibility index (Phi) is 2.84. The van der Waals surface area contributed by atoms with E-state index in [1.54, 1.807) is 0 Å². The summed E-state index contributed by atoms with van der Waals surface area (Å²) in [6.45, 7) is 4.95. The molecule has 0 aliphatic heterocycles. The van der Waals surface area contributed by atoms with Crippen molar-refractivity contribution in [1.29, 1.82) is 0 Å². The standard InChI is InChI=1S/C10H13N/c1-3-11-9(2)10-7-5-4-6-8-10/h4-8H,3H2,1-2H3/b11-9-. The van der Waals surface area contributed by atoms with E-state index in [1.165, 1.54) is 5.56 Å². The number of aliphatic imine (C=N–C) groups is 1. The SMILES string of the molecule is CC/N=C(/C)c1ccccc1. The first kappa shape index (κ1) is 7.99. The van der Waals surface area contributed by atoms with Crippen LogP contribution in [0.5, 0.6) is 0 Å². The molecule has 1 aromatic carbocycles. The third-order valence-corrected chi connectivity index (χ3v) is 1.59. The quantitative estimate of drug-likeness (QED) is 0.570. The first-order valence-corrected chi connectivity index (χ1v) is 3.91. The maximum absolute atomic E-state index is 4.31. The molecule has 0 radical (unpaired) electrons. The lowest BCUT2D eigenvalue weighted by molar-refractivity contribution is 1.13. The molecule has 0 saturated carbocycles. The van der Waals surface area contributed by atoms with Crippen LogP contribution in [0, 0.1) is 0 Å². The third kappa shape index (κ3) is 2.19. The number of benzene rings is 1. The summed E-state index contributed by atoms with van der Waals surface area (Å²) >= 11 is 0. The average Bonchev–Trinajstić information content (AvgIpc) is 2.07. The predicted octanol–water partition coefficient (Wildman–Crippen LogP) is 2.52. The van der Waals surface area contributed by atoms with Crippen molar-refractivity contribution >= 4 is 5.71 Å². The maximum Gasteiger partial charge on any atom is 0.0389 e. The highest BCUT2D eigenvalue weighted by atomic mass is 14.7. The zero-order chi connectivity index (χ0) is 8.10. The van der Waals surface area contributed by atoms with Gasteiger partial charge in [-0.05, 0) is 19.4 Å². The first-order valence-electron chi connectivity index (χ1n) is 3.91. The molecule has 0 aromatic heterocycles. The molecule has 1 nitrogen and oxygen atoms in total. The monoisotopic (exact) mass is 147 g/mol. The fraction of sp³-hybridized carbons (Fsp3) is 0.300. The summed E-state index contributed by atoms with van der Waals surface area (Å²) in [6, 6.07) is 10.2. The summed E-state index contributed by atoms with van der Waals surface area (Å²) in [6.07, 6.45) is 0. The molecule has 11 heavy (non-hydrogen) atoms. The largest absolute Gasteiger partial charge is 0.290 e. The van der Waals surface area contributed by atoms with Crippen molar-refractivity contribution < 1.29 is 0 Å². The Hall–Kier alpha value is -1.11. The van der Waals surface area contributed by atoms with Crippen LogP contribution in [-0.2, 0) is 0 Å². The van der Waals surface area contributed by atoms with Crippen LogP contribution in [0.2, 0.25) is 0 Å². The minimum atomic E-state index is 0.862. The van der Waals surface area contributed by atoms with Crippen molar-refractivity contribution in [1.82, 2.24) is 0 Å². The summed E-state index contributed by atoms with van der Waals surface area (Å²) in [4.78, 5) is 4.31.